The summed E-state index contributed by atoms with van der Waals surface area (Å²) >= 11 is 1.70. The van der Waals surface area contributed by atoms with E-state index in [9.17, 15) is 4.79 Å². The van der Waals surface area contributed by atoms with Gasteiger partial charge in [-0.25, -0.2) is 0 Å². The highest BCUT2D eigenvalue weighted by Crippen LogP contribution is 2.37. The molecule has 1 heterocycles. The van der Waals surface area contributed by atoms with Crippen LogP contribution in [0, 0.1) is 0 Å². The Kier molecular flexibility index (Phi) is 3.76. The Balaban J connectivity index is 1.70. The quantitative estimate of drug-likeness (QED) is 0.649. The molecule has 1 aliphatic heterocycles. The maximum Gasteiger partial charge on any atom is 0.168 e. The Labute approximate surface area is 140 Å². The van der Waals surface area contributed by atoms with Crippen LogP contribution in [0.15, 0.2) is 82.6 Å². The Morgan fingerprint density at radius 1 is 0.783 bits per heavy atom. The van der Waals surface area contributed by atoms with E-state index in [1.807, 2.05) is 18.2 Å². The molecule has 1 aliphatic rings. The normalized spacial score (nSPS) is 13.1. The standard InChI is InChI=1S/C21H16OS/c22-19-14-17-8-4-5-9-20(17)23-21-11-10-16(13-18(19)21)12-15-6-2-1-3-7-15/h1-11,13H,12,14H2. The molecule has 0 amide bonds. The molecule has 0 saturated heterocycles. The molecular formula is C21H16OS. The Morgan fingerprint density at radius 2 is 1.57 bits per heavy atom. The van der Waals surface area contributed by atoms with Crippen LogP contribution >= 0.6 is 11.8 Å². The molecular weight excluding hydrogens is 300 g/mol. The van der Waals surface area contributed by atoms with Crippen molar-refractivity contribution >= 4 is 17.5 Å². The highest BCUT2D eigenvalue weighted by Gasteiger charge is 2.20. The van der Waals surface area contributed by atoms with Crippen molar-refractivity contribution in [3.63, 3.8) is 0 Å². The molecule has 0 atom stereocenters. The van der Waals surface area contributed by atoms with E-state index < -0.39 is 0 Å². The number of fused-ring (bicyclic) bond motifs is 2. The van der Waals surface area contributed by atoms with Crippen LogP contribution in [-0.4, -0.2) is 5.78 Å². The van der Waals surface area contributed by atoms with Gasteiger partial charge in [0, 0.05) is 21.8 Å². The van der Waals surface area contributed by atoms with Crippen LogP contribution in [0.3, 0.4) is 0 Å². The fraction of sp³-hybridized carbons (Fsp3) is 0.0952. The van der Waals surface area contributed by atoms with Crippen molar-refractivity contribution in [2.45, 2.75) is 22.6 Å². The summed E-state index contributed by atoms with van der Waals surface area (Å²) in [5.74, 6) is 0.215. The van der Waals surface area contributed by atoms with Crippen molar-refractivity contribution in [1.82, 2.24) is 0 Å². The molecule has 23 heavy (non-hydrogen) atoms. The fourth-order valence-corrected chi connectivity index (χ4v) is 4.04. The van der Waals surface area contributed by atoms with Gasteiger partial charge in [-0.2, -0.15) is 0 Å². The van der Waals surface area contributed by atoms with Gasteiger partial charge < -0.3 is 0 Å². The summed E-state index contributed by atoms with van der Waals surface area (Å²) < 4.78 is 0. The van der Waals surface area contributed by atoms with Gasteiger partial charge in [0.2, 0.25) is 0 Å². The van der Waals surface area contributed by atoms with Gasteiger partial charge in [0.25, 0.3) is 0 Å². The third-order valence-corrected chi connectivity index (χ3v) is 5.33. The van der Waals surface area contributed by atoms with Crippen LogP contribution in [0.4, 0.5) is 0 Å². The van der Waals surface area contributed by atoms with E-state index in [-0.39, 0.29) is 5.78 Å². The lowest BCUT2D eigenvalue weighted by atomic mass is 9.98. The molecule has 0 N–H and O–H groups in total. The minimum absolute atomic E-state index is 0.215. The number of ketones is 1. The monoisotopic (exact) mass is 316 g/mol. The third kappa shape index (κ3) is 2.95. The van der Waals surface area contributed by atoms with Crippen LogP contribution in [0.5, 0.6) is 0 Å². The van der Waals surface area contributed by atoms with Gasteiger partial charge >= 0.3 is 0 Å². The zero-order valence-corrected chi connectivity index (χ0v) is 13.5. The average molecular weight is 316 g/mol. The Morgan fingerprint density at radius 3 is 2.43 bits per heavy atom. The summed E-state index contributed by atoms with van der Waals surface area (Å²) in [6.45, 7) is 0. The van der Waals surface area contributed by atoms with Gasteiger partial charge in [0.05, 0.1) is 0 Å². The molecule has 0 aromatic heterocycles. The van der Waals surface area contributed by atoms with Gasteiger partial charge in [0.15, 0.2) is 5.78 Å². The second-order valence-corrected chi connectivity index (χ2v) is 6.89. The first kappa shape index (κ1) is 14.3. The molecule has 0 unspecified atom stereocenters. The molecule has 3 aromatic rings. The van der Waals surface area contributed by atoms with E-state index in [1.165, 1.54) is 16.0 Å². The van der Waals surface area contributed by atoms with Crippen molar-refractivity contribution in [3.05, 3.63) is 95.1 Å². The van der Waals surface area contributed by atoms with E-state index in [0.717, 1.165) is 22.4 Å². The van der Waals surface area contributed by atoms with Gasteiger partial charge in [0.1, 0.15) is 0 Å². The minimum Gasteiger partial charge on any atom is -0.294 e. The van der Waals surface area contributed by atoms with Crippen LogP contribution in [0.1, 0.15) is 27.0 Å². The van der Waals surface area contributed by atoms with Crippen LogP contribution in [0.25, 0.3) is 0 Å². The van der Waals surface area contributed by atoms with Crippen molar-refractivity contribution in [2.24, 2.45) is 0 Å². The molecule has 0 fully saturated rings. The largest absolute Gasteiger partial charge is 0.294 e. The van der Waals surface area contributed by atoms with Crippen molar-refractivity contribution in [3.8, 4) is 0 Å². The topological polar surface area (TPSA) is 17.1 Å². The predicted molar refractivity (Wildman–Crippen MR) is 94.3 cm³/mol. The number of Topliss-reactive ketones (excluding diaryl/α,β-unsaturated/α-hetero) is 1. The van der Waals surface area contributed by atoms with Crippen LogP contribution < -0.4 is 0 Å². The number of benzene rings is 3. The third-order valence-electron chi connectivity index (χ3n) is 4.14. The van der Waals surface area contributed by atoms with E-state index >= 15 is 0 Å². The zero-order valence-electron chi connectivity index (χ0n) is 12.7. The van der Waals surface area contributed by atoms with Gasteiger partial charge in [-0.3, -0.25) is 4.79 Å². The summed E-state index contributed by atoms with van der Waals surface area (Å²) in [6.07, 6.45) is 1.35. The summed E-state index contributed by atoms with van der Waals surface area (Å²) in [4.78, 5) is 14.9. The smallest absolute Gasteiger partial charge is 0.168 e. The number of hydrogen-bond donors (Lipinski definition) is 0. The molecule has 4 rings (SSSR count). The van der Waals surface area contributed by atoms with E-state index in [4.69, 9.17) is 0 Å². The van der Waals surface area contributed by atoms with Crippen LogP contribution in [0.2, 0.25) is 0 Å². The number of rotatable bonds is 2. The first-order valence-corrected chi connectivity index (χ1v) is 8.57. The SMILES string of the molecule is O=C1Cc2ccccc2Sc2ccc(Cc3ccccc3)cc21. The second kappa shape index (κ2) is 6.05. The highest BCUT2D eigenvalue weighted by atomic mass is 32.2. The fourth-order valence-electron chi connectivity index (χ4n) is 2.96. The lowest BCUT2D eigenvalue weighted by molar-refractivity contribution is 0.0990. The number of carbonyl (C=O) groups excluding carboxylic acids is 1. The molecule has 0 bridgehead atoms. The summed E-state index contributed by atoms with van der Waals surface area (Å²) in [5, 5.41) is 0. The highest BCUT2D eigenvalue weighted by molar-refractivity contribution is 7.99. The molecule has 0 spiro atoms. The Bertz CT molecular complexity index is 868. The van der Waals surface area contributed by atoms with Crippen molar-refractivity contribution in [1.29, 1.82) is 0 Å². The molecule has 1 nitrogen and oxygen atoms in total. The maximum atomic E-state index is 12.7. The van der Waals surface area contributed by atoms with Crippen molar-refractivity contribution in [2.75, 3.05) is 0 Å². The molecule has 0 aliphatic carbocycles. The lowest BCUT2D eigenvalue weighted by Crippen LogP contribution is -2.04. The zero-order chi connectivity index (χ0) is 15.6. The molecule has 2 heteroatoms. The molecule has 0 radical (unpaired) electrons. The first-order chi connectivity index (χ1) is 11.3. The Hall–Kier alpha value is -2.32. The lowest BCUT2D eigenvalue weighted by Gasteiger charge is -2.08. The summed E-state index contributed by atoms with van der Waals surface area (Å²) in [5.41, 5.74) is 4.45. The predicted octanol–water partition coefficient (Wildman–Crippen LogP) is 5.17. The van der Waals surface area contributed by atoms with Crippen molar-refractivity contribution < 1.29 is 4.79 Å². The maximum absolute atomic E-state index is 12.7. The summed E-state index contributed by atoms with van der Waals surface area (Å²) in [6, 6.07) is 24.9. The van der Waals surface area contributed by atoms with E-state index in [0.29, 0.717) is 6.42 Å². The molecule has 0 saturated carbocycles. The number of carbonyl (C=O) groups is 1. The van der Waals surface area contributed by atoms with E-state index in [1.54, 1.807) is 11.8 Å². The summed E-state index contributed by atoms with van der Waals surface area (Å²) in [7, 11) is 0. The second-order valence-electron chi connectivity index (χ2n) is 5.80. The molecule has 3 aromatic carbocycles. The van der Waals surface area contributed by atoms with E-state index in [2.05, 4.69) is 54.6 Å². The first-order valence-electron chi connectivity index (χ1n) is 7.75. The minimum atomic E-state index is 0.215. The van der Waals surface area contributed by atoms with Crippen LogP contribution in [-0.2, 0) is 12.8 Å². The average Bonchev–Trinajstić information content (AvgIpc) is 2.72. The van der Waals surface area contributed by atoms with Gasteiger partial charge in [-0.1, -0.05) is 66.4 Å². The van der Waals surface area contributed by atoms with Gasteiger partial charge in [-0.15, -0.1) is 0 Å². The van der Waals surface area contributed by atoms with Gasteiger partial charge in [-0.05, 0) is 41.3 Å². The molecule has 112 valence electrons. The number of hydrogen-bond acceptors (Lipinski definition) is 2.